The van der Waals surface area contributed by atoms with Gasteiger partial charge in [0.05, 0.1) is 13.2 Å². The first-order valence-corrected chi connectivity index (χ1v) is 8.45. The topological polar surface area (TPSA) is 33.7 Å². The molecule has 2 rings (SSSR count). The summed E-state index contributed by atoms with van der Waals surface area (Å²) in [5.74, 6) is 0.972. The van der Waals surface area contributed by atoms with Crippen molar-refractivity contribution in [3.05, 3.63) is 28.2 Å². The molecule has 0 aliphatic carbocycles. The molecule has 0 spiro atoms. The van der Waals surface area contributed by atoms with Crippen molar-refractivity contribution in [3.8, 4) is 5.75 Å². The van der Waals surface area contributed by atoms with Crippen molar-refractivity contribution in [2.24, 2.45) is 0 Å². The lowest BCUT2D eigenvalue weighted by Gasteiger charge is -2.26. The number of nitrogens with zero attached hydrogens (tertiary/aromatic N) is 1. The van der Waals surface area contributed by atoms with E-state index in [4.69, 9.17) is 9.47 Å². The number of hydrogen-bond acceptors (Lipinski definition) is 4. The number of benzene rings is 1. The summed E-state index contributed by atoms with van der Waals surface area (Å²) in [6.45, 7) is 10.6. The second kappa shape index (κ2) is 8.73. The zero-order valence-corrected chi connectivity index (χ0v) is 14.5. The Bertz CT molecular complexity index is 436. The van der Waals surface area contributed by atoms with Gasteiger partial charge in [0.2, 0.25) is 0 Å². The van der Waals surface area contributed by atoms with E-state index >= 15 is 0 Å². The first-order valence-electron chi connectivity index (χ1n) is 7.66. The fourth-order valence-electron chi connectivity index (χ4n) is 2.51. The van der Waals surface area contributed by atoms with E-state index in [2.05, 4.69) is 46.1 Å². The molecule has 1 heterocycles. The second-order valence-electron chi connectivity index (χ2n) is 5.26. The summed E-state index contributed by atoms with van der Waals surface area (Å²) in [4.78, 5) is 2.38. The summed E-state index contributed by atoms with van der Waals surface area (Å²) in [6.07, 6.45) is 0. The van der Waals surface area contributed by atoms with Crippen LogP contribution in [0.4, 0.5) is 0 Å². The summed E-state index contributed by atoms with van der Waals surface area (Å²) < 4.78 is 12.5. The van der Waals surface area contributed by atoms with Crippen molar-refractivity contribution in [1.82, 2.24) is 10.2 Å². The smallest absolute Gasteiger partial charge is 0.124 e. The predicted molar refractivity (Wildman–Crippen MR) is 89.0 cm³/mol. The van der Waals surface area contributed by atoms with Crippen LogP contribution >= 0.6 is 15.9 Å². The highest BCUT2D eigenvalue weighted by atomic mass is 79.9. The molecule has 1 aliphatic rings. The molecule has 1 N–H and O–H groups in total. The SMILES string of the molecule is CCNC(C)c1cc(Br)ccc1OCCN1CCOCC1. The van der Waals surface area contributed by atoms with Crippen molar-refractivity contribution in [3.63, 3.8) is 0 Å². The minimum Gasteiger partial charge on any atom is -0.492 e. The van der Waals surface area contributed by atoms with Crippen LogP contribution in [0.5, 0.6) is 5.75 Å². The summed E-state index contributed by atoms with van der Waals surface area (Å²) in [7, 11) is 0. The van der Waals surface area contributed by atoms with Gasteiger partial charge < -0.3 is 14.8 Å². The molecule has 118 valence electrons. The predicted octanol–water partition coefficient (Wildman–Crippen LogP) is 2.83. The summed E-state index contributed by atoms with van der Waals surface area (Å²) >= 11 is 3.54. The molecule has 1 atom stereocenters. The first kappa shape index (κ1) is 16.7. The Morgan fingerprint density at radius 2 is 2.14 bits per heavy atom. The maximum Gasteiger partial charge on any atom is 0.124 e. The average molecular weight is 357 g/mol. The van der Waals surface area contributed by atoms with E-state index in [-0.39, 0.29) is 6.04 Å². The van der Waals surface area contributed by atoms with Crippen LogP contribution in [-0.4, -0.2) is 50.9 Å². The Balaban J connectivity index is 1.91. The van der Waals surface area contributed by atoms with Crippen molar-refractivity contribution in [2.45, 2.75) is 19.9 Å². The molecule has 1 fully saturated rings. The highest BCUT2D eigenvalue weighted by Crippen LogP contribution is 2.28. The molecule has 5 heteroatoms. The lowest BCUT2D eigenvalue weighted by molar-refractivity contribution is 0.0322. The lowest BCUT2D eigenvalue weighted by Crippen LogP contribution is -2.38. The molecule has 1 aliphatic heterocycles. The number of ether oxygens (including phenoxy) is 2. The third-order valence-electron chi connectivity index (χ3n) is 3.72. The maximum absolute atomic E-state index is 6.02. The molecule has 0 saturated carbocycles. The van der Waals surface area contributed by atoms with Gasteiger partial charge in [-0.25, -0.2) is 0 Å². The van der Waals surface area contributed by atoms with Gasteiger partial charge in [-0.05, 0) is 31.7 Å². The van der Waals surface area contributed by atoms with E-state index in [1.165, 1.54) is 5.56 Å². The van der Waals surface area contributed by atoms with Crippen LogP contribution in [0.3, 0.4) is 0 Å². The summed E-state index contributed by atoms with van der Waals surface area (Å²) in [5.41, 5.74) is 1.20. The zero-order chi connectivity index (χ0) is 15.1. The quantitative estimate of drug-likeness (QED) is 0.814. The van der Waals surface area contributed by atoms with Crippen molar-refractivity contribution < 1.29 is 9.47 Å². The van der Waals surface area contributed by atoms with E-state index < -0.39 is 0 Å². The Labute approximate surface area is 135 Å². The standard InChI is InChI=1S/C16H25BrN2O2/c1-3-18-13(2)15-12-14(17)4-5-16(15)21-11-8-19-6-9-20-10-7-19/h4-5,12-13,18H,3,6-11H2,1-2H3. The van der Waals surface area contributed by atoms with Crippen LogP contribution in [0.1, 0.15) is 25.5 Å². The van der Waals surface area contributed by atoms with Gasteiger partial charge in [-0.15, -0.1) is 0 Å². The maximum atomic E-state index is 6.02. The van der Waals surface area contributed by atoms with Gasteiger partial charge in [-0.3, -0.25) is 4.90 Å². The van der Waals surface area contributed by atoms with Crippen LogP contribution in [0, 0.1) is 0 Å². The van der Waals surface area contributed by atoms with Crippen LogP contribution in [-0.2, 0) is 4.74 Å². The highest BCUT2D eigenvalue weighted by Gasteiger charge is 2.13. The normalized spacial score (nSPS) is 17.7. The Hall–Kier alpha value is -0.620. The Morgan fingerprint density at radius 1 is 1.38 bits per heavy atom. The number of halogens is 1. The largest absolute Gasteiger partial charge is 0.492 e. The molecule has 1 aromatic carbocycles. The van der Waals surface area contributed by atoms with E-state index in [0.29, 0.717) is 6.61 Å². The van der Waals surface area contributed by atoms with Crippen LogP contribution in [0.15, 0.2) is 22.7 Å². The molecule has 0 amide bonds. The lowest BCUT2D eigenvalue weighted by atomic mass is 10.1. The van der Waals surface area contributed by atoms with E-state index in [9.17, 15) is 0 Å². The number of nitrogens with one attached hydrogen (secondary N) is 1. The van der Waals surface area contributed by atoms with E-state index in [1.807, 2.05) is 12.1 Å². The van der Waals surface area contributed by atoms with Crippen LogP contribution < -0.4 is 10.1 Å². The minimum absolute atomic E-state index is 0.283. The molecule has 0 bridgehead atoms. The third kappa shape index (κ3) is 5.25. The number of hydrogen-bond donors (Lipinski definition) is 1. The van der Waals surface area contributed by atoms with Gasteiger partial charge in [0.15, 0.2) is 0 Å². The van der Waals surface area contributed by atoms with Crippen molar-refractivity contribution >= 4 is 15.9 Å². The van der Waals surface area contributed by atoms with E-state index in [1.54, 1.807) is 0 Å². The number of morpholine rings is 1. The van der Waals surface area contributed by atoms with Gasteiger partial charge in [-0.1, -0.05) is 22.9 Å². The van der Waals surface area contributed by atoms with Gasteiger partial charge in [0.1, 0.15) is 12.4 Å². The van der Waals surface area contributed by atoms with Crippen molar-refractivity contribution in [1.29, 1.82) is 0 Å². The molecular formula is C16H25BrN2O2. The molecule has 0 radical (unpaired) electrons. The Kier molecular flexibility index (Phi) is 6.96. The van der Waals surface area contributed by atoms with Gasteiger partial charge in [-0.2, -0.15) is 0 Å². The molecule has 1 unspecified atom stereocenters. The van der Waals surface area contributed by atoms with Gasteiger partial charge in [0, 0.05) is 35.7 Å². The zero-order valence-electron chi connectivity index (χ0n) is 12.9. The summed E-state index contributed by atoms with van der Waals surface area (Å²) in [6, 6.07) is 6.50. The second-order valence-corrected chi connectivity index (χ2v) is 6.18. The molecule has 0 aromatic heterocycles. The van der Waals surface area contributed by atoms with Crippen LogP contribution in [0.2, 0.25) is 0 Å². The fraction of sp³-hybridized carbons (Fsp3) is 0.625. The molecule has 4 nitrogen and oxygen atoms in total. The molecule has 21 heavy (non-hydrogen) atoms. The summed E-state index contributed by atoms with van der Waals surface area (Å²) in [5, 5.41) is 3.44. The molecule has 1 saturated heterocycles. The third-order valence-corrected chi connectivity index (χ3v) is 4.21. The van der Waals surface area contributed by atoms with E-state index in [0.717, 1.165) is 49.6 Å². The monoisotopic (exact) mass is 356 g/mol. The van der Waals surface area contributed by atoms with Crippen LogP contribution in [0.25, 0.3) is 0 Å². The average Bonchev–Trinajstić information content (AvgIpc) is 2.50. The highest BCUT2D eigenvalue weighted by molar-refractivity contribution is 9.10. The fourth-order valence-corrected chi connectivity index (χ4v) is 2.89. The van der Waals surface area contributed by atoms with Gasteiger partial charge >= 0.3 is 0 Å². The number of rotatable bonds is 7. The molecular weight excluding hydrogens is 332 g/mol. The first-order chi connectivity index (χ1) is 10.2. The van der Waals surface area contributed by atoms with Gasteiger partial charge in [0.25, 0.3) is 0 Å². The Morgan fingerprint density at radius 3 is 2.86 bits per heavy atom. The minimum atomic E-state index is 0.283. The van der Waals surface area contributed by atoms with Crippen molar-refractivity contribution in [2.75, 3.05) is 46.0 Å². The molecule has 1 aromatic rings.